The minimum atomic E-state index is 0.528. The van der Waals surface area contributed by atoms with Crippen LogP contribution in [0.2, 0.25) is 0 Å². The van der Waals surface area contributed by atoms with Crippen LogP contribution in [0.3, 0.4) is 0 Å². The van der Waals surface area contributed by atoms with Gasteiger partial charge in [0.1, 0.15) is 0 Å². The minimum absolute atomic E-state index is 0.528. The van der Waals surface area contributed by atoms with Crippen LogP contribution in [0, 0.1) is 0 Å². The quantitative estimate of drug-likeness (QED) is 0.800. The molecule has 1 heterocycles. The molecule has 1 aromatic carbocycles. The lowest BCUT2D eigenvalue weighted by molar-refractivity contribution is 0.427. The summed E-state index contributed by atoms with van der Waals surface area (Å²) in [5.41, 5.74) is 4.53. The van der Waals surface area contributed by atoms with Crippen molar-refractivity contribution in [2.24, 2.45) is 0 Å². The summed E-state index contributed by atoms with van der Waals surface area (Å²) in [5, 5.41) is 8.29. The van der Waals surface area contributed by atoms with E-state index in [0.29, 0.717) is 12.1 Å². The summed E-state index contributed by atoms with van der Waals surface area (Å²) in [7, 11) is 0. The average molecular weight is 285 g/mol. The zero-order valence-corrected chi connectivity index (χ0v) is 13.0. The molecule has 0 saturated heterocycles. The highest BCUT2D eigenvalue weighted by molar-refractivity contribution is 7.07. The normalized spacial score (nSPS) is 20.1. The number of nitrogens with one attached hydrogen (secondary N) is 1. The van der Waals surface area contributed by atoms with Crippen molar-refractivity contribution < 1.29 is 0 Å². The van der Waals surface area contributed by atoms with Crippen LogP contribution in [0.25, 0.3) is 0 Å². The fourth-order valence-electron chi connectivity index (χ4n) is 3.26. The van der Waals surface area contributed by atoms with E-state index in [-0.39, 0.29) is 0 Å². The van der Waals surface area contributed by atoms with Crippen molar-refractivity contribution in [3.63, 3.8) is 0 Å². The highest BCUT2D eigenvalue weighted by Crippen LogP contribution is 2.29. The van der Waals surface area contributed by atoms with E-state index < -0.39 is 0 Å². The number of thiophene rings is 1. The van der Waals surface area contributed by atoms with Gasteiger partial charge in [-0.05, 0) is 66.1 Å². The Hall–Kier alpha value is -1.12. The molecule has 0 saturated carbocycles. The van der Waals surface area contributed by atoms with E-state index in [1.54, 1.807) is 16.9 Å². The molecule has 106 valence electrons. The second-order valence-corrected chi connectivity index (χ2v) is 6.68. The fraction of sp³-hybridized carbons (Fsp3) is 0.444. The molecule has 0 radical (unpaired) electrons. The van der Waals surface area contributed by atoms with Crippen molar-refractivity contribution in [3.05, 3.63) is 57.8 Å². The number of hydrogen-bond donors (Lipinski definition) is 1. The molecule has 3 rings (SSSR count). The molecule has 1 aliphatic carbocycles. The summed E-state index contributed by atoms with van der Waals surface area (Å²) >= 11 is 1.79. The number of hydrogen-bond acceptors (Lipinski definition) is 2. The number of aryl methyl sites for hydroxylation is 1. The summed E-state index contributed by atoms with van der Waals surface area (Å²) in [6.45, 7) is 2.31. The van der Waals surface area contributed by atoms with Crippen molar-refractivity contribution >= 4 is 11.3 Å². The number of benzene rings is 1. The molecule has 0 spiro atoms. The van der Waals surface area contributed by atoms with Gasteiger partial charge in [0.05, 0.1) is 0 Å². The Bertz CT molecular complexity index is 532. The van der Waals surface area contributed by atoms with Gasteiger partial charge in [0.15, 0.2) is 0 Å². The molecule has 2 atom stereocenters. The van der Waals surface area contributed by atoms with Crippen molar-refractivity contribution in [3.8, 4) is 0 Å². The van der Waals surface area contributed by atoms with E-state index in [2.05, 4.69) is 53.3 Å². The first-order valence-electron chi connectivity index (χ1n) is 7.68. The Morgan fingerprint density at radius 2 is 2.15 bits per heavy atom. The van der Waals surface area contributed by atoms with Crippen LogP contribution < -0.4 is 5.32 Å². The molecular formula is C18H23NS. The van der Waals surface area contributed by atoms with Crippen LogP contribution >= 0.6 is 11.3 Å². The van der Waals surface area contributed by atoms with Crippen LogP contribution in [0.1, 0.15) is 48.9 Å². The Balaban J connectivity index is 1.70. The second kappa shape index (κ2) is 6.55. The Morgan fingerprint density at radius 3 is 3.00 bits per heavy atom. The molecule has 1 N–H and O–H groups in total. The standard InChI is InChI=1S/C18H23NS/c1-14(12-15-10-11-20-13-15)19-18-9-5-3-7-16-6-2-4-8-17(16)18/h2,4,6,8,10-11,13-14,18-19H,3,5,7,9,12H2,1H3. The van der Waals surface area contributed by atoms with Crippen molar-refractivity contribution in [2.45, 2.75) is 51.1 Å². The Labute approximate surface area is 126 Å². The second-order valence-electron chi connectivity index (χ2n) is 5.90. The Kier molecular flexibility index (Phi) is 4.54. The van der Waals surface area contributed by atoms with E-state index in [9.17, 15) is 0 Å². The van der Waals surface area contributed by atoms with E-state index >= 15 is 0 Å². The van der Waals surface area contributed by atoms with Crippen LogP contribution in [-0.4, -0.2) is 6.04 Å². The summed E-state index contributed by atoms with van der Waals surface area (Å²) in [6.07, 6.45) is 6.30. The van der Waals surface area contributed by atoms with Gasteiger partial charge in [0.25, 0.3) is 0 Å². The molecule has 2 unspecified atom stereocenters. The highest BCUT2D eigenvalue weighted by atomic mass is 32.1. The summed E-state index contributed by atoms with van der Waals surface area (Å²) in [5.74, 6) is 0. The molecule has 2 heteroatoms. The van der Waals surface area contributed by atoms with E-state index in [0.717, 1.165) is 6.42 Å². The maximum atomic E-state index is 3.86. The van der Waals surface area contributed by atoms with E-state index in [1.807, 2.05) is 0 Å². The topological polar surface area (TPSA) is 12.0 Å². The van der Waals surface area contributed by atoms with Gasteiger partial charge < -0.3 is 5.32 Å². The summed E-state index contributed by atoms with van der Waals surface area (Å²) in [4.78, 5) is 0. The Morgan fingerprint density at radius 1 is 1.25 bits per heavy atom. The lowest BCUT2D eigenvalue weighted by atomic mass is 9.98. The maximum Gasteiger partial charge on any atom is 0.0325 e. The smallest absolute Gasteiger partial charge is 0.0325 e. The molecule has 2 aromatic rings. The predicted molar refractivity (Wildman–Crippen MR) is 87.4 cm³/mol. The van der Waals surface area contributed by atoms with Gasteiger partial charge in [-0.3, -0.25) is 0 Å². The molecule has 20 heavy (non-hydrogen) atoms. The third kappa shape index (κ3) is 3.31. The van der Waals surface area contributed by atoms with Gasteiger partial charge in [0.2, 0.25) is 0 Å². The van der Waals surface area contributed by atoms with Crippen molar-refractivity contribution in [1.82, 2.24) is 5.32 Å². The number of fused-ring (bicyclic) bond motifs is 1. The lowest BCUT2D eigenvalue weighted by Gasteiger charge is -2.24. The van der Waals surface area contributed by atoms with Gasteiger partial charge in [-0.25, -0.2) is 0 Å². The lowest BCUT2D eigenvalue weighted by Crippen LogP contribution is -2.32. The first kappa shape index (κ1) is 13.8. The fourth-order valence-corrected chi connectivity index (χ4v) is 3.94. The zero-order valence-electron chi connectivity index (χ0n) is 12.1. The van der Waals surface area contributed by atoms with Crippen molar-refractivity contribution in [2.75, 3.05) is 0 Å². The van der Waals surface area contributed by atoms with Crippen LogP contribution in [-0.2, 0) is 12.8 Å². The first-order chi connectivity index (χ1) is 9.83. The first-order valence-corrected chi connectivity index (χ1v) is 8.62. The third-order valence-electron chi connectivity index (χ3n) is 4.23. The van der Waals surface area contributed by atoms with Gasteiger partial charge in [-0.2, -0.15) is 11.3 Å². The highest BCUT2D eigenvalue weighted by Gasteiger charge is 2.19. The van der Waals surface area contributed by atoms with Gasteiger partial charge in [0, 0.05) is 12.1 Å². The average Bonchev–Trinajstić information content (AvgIpc) is 2.87. The number of rotatable bonds is 4. The third-order valence-corrected chi connectivity index (χ3v) is 4.96. The maximum absolute atomic E-state index is 3.86. The SMILES string of the molecule is CC(Cc1ccsc1)NC1CCCCc2ccccc21. The largest absolute Gasteiger partial charge is 0.307 e. The molecule has 1 aromatic heterocycles. The zero-order chi connectivity index (χ0) is 13.8. The summed E-state index contributed by atoms with van der Waals surface area (Å²) in [6, 6.07) is 12.3. The van der Waals surface area contributed by atoms with Gasteiger partial charge in [-0.15, -0.1) is 0 Å². The molecular weight excluding hydrogens is 262 g/mol. The molecule has 1 nitrogen and oxygen atoms in total. The molecule has 1 aliphatic rings. The molecule has 0 bridgehead atoms. The van der Waals surface area contributed by atoms with Crippen LogP contribution in [0.5, 0.6) is 0 Å². The van der Waals surface area contributed by atoms with Crippen LogP contribution in [0.15, 0.2) is 41.1 Å². The van der Waals surface area contributed by atoms with Gasteiger partial charge >= 0.3 is 0 Å². The molecule has 0 fully saturated rings. The minimum Gasteiger partial charge on any atom is -0.307 e. The van der Waals surface area contributed by atoms with Gasteiger partial charge in [-0.1, -0.05) is 30.7 Å². The molecule has 0 aliphatic heterocycles. The molecule has 0 amide bonds. The van der Waals surface area contributed by atoms with E-state index in [4.69, 9.17) is 0 Å². The van der Waals surface area contributed by atoms with E-state index in [1.165, 1.54) is 36.8 Å². The summed E-state index contributed by atoms with van der Waals surface area (Å²) < 4.78 is 0. The monoisotopic (exact) mass is 285 g/mol. The van der Waals surface area contributed by atoms with Crippen molar-refractivity contribution in [1.29, 1.82) is 0 Å². The van der Waals surface area contributed by atoms with Crippen LogP contribution in [0.4, 0.5) is 0 Å². The predicted octanol–water partition coefficient (Wildman–Crippen LogP) is 4.74.